The smallest absolute Gasteiger partial charge is 0.345 e. The van der Waals surface area contributed by atoms with Crippen LogP contribution in [0.25, 0.3) is 0 Å². The first-order valence-corrected chi connectivity index (χ1v) is 9.48. The molecule has 1 aromatic rings. The quantitative estimate of drug-likeness (QED) is 0.770. The largest absolute Gasteiger partial charge is 0.478 e. The molecular formula is C18H24Cl3NO4. The highest BCUT2D eigenvalue weighted by atomic mass is 35.5. The van der Waals surface area contributed by atoms with Gasteiger partial charge < -0.3 is 14.6 Å². The van der Waals surface area contributed by atoms with Gasteiger partial charge in [-0.25, -0.2) is 4.79 Å². The molecule has 1 heterocycles. The van der Waals surface area contributed by atoms with Crippen LogP contribution in [-0.4, -0.2) is 54.4 Å². The predicted molar refractivity (Wildman–Crippen MR) is 104 cm³/mol. The Morgan fingerprint density at radius 2 is 1.88 bits per heavy atom. The van der Waals surface area contributed by atoms with E-state index in [-0.39, 0.29) is 24.4 Å². The predicted octanol–water partition coefficient (Wildman–Crippen LogP) is 4.14. The van der Waals surface area contributed by atoms with Gasteiger partial charge in [-0.1, -0.05) is 36.0 Å². The molecule has 2 fully saturated rings. The molecular weight excluding hydrogens is 401 g/mol. The van der Waals surface area contributed by atoms with Crippen molar-refractivity contribution in [1.82, 2.24) is 4.90 Å². The normalized spacial score (nSPS) is 25.2. The molecule has 0 aromatic heterocycles. The topological polar surface area (TPSA) is 59.0 Å². The van der Waals surface area contributed by atoms with Crippen molar-refractivity contribution in [2.24, 2.45) is 5.92 Å². The number of hydrogen-bond donors (Lipinski definition) is 1. The first kappa shape index (κ1) is 21.6. The fourth-order valence-electron chi connectivity index (χ4n) is 3.87. The van der Waals surface area contributed by atoms with Gasteiger partial charge in [0.1, 0.15) is 5.75 Å². The van der Waals surface area contributed by atoms with E-state index in [1.807, 2.05) is 0 Å². The lowest BCUT2D eigenvalue weighted by Crippen LogP contribution is -2.53. The molecule has 8 heteroatoms. The minimum atomic E-state index is -0.934. The van der Waals surface area contributed by atoms with Crippen molar-refractivity contribution in [3.63, 3.8) is 0 Å². The highest BCUT2D eigenvalue weighted by molar-refractivity contribution is 6.42. The fourth-order valence-corrected chi connectivity index (χ4v) is 4.16. The zero-order chi connectivity index (χ0) is 17.8. The molecule has 1 aliphatic carbocycles. The second kappa shape index (κ2) is 10.00. The van der Waals surface area contributed by atoms with E-state index < -0.39 is 12.1 Å². The molecule has 5 nitrogen and oxygen atoms in total. The van der Waals surface area contributed by atoms with Gasteiger partial charge in [-0.3, -0.25) is 4.90 Å². The SMILES string of the molecule is Cl.O=C(O)C(Oc1ccc(Cl)c(Cl)c1)[C@@H]1CCCC[C@H]1N1CCOCC1. The molecule has 0 amide bonds. The number of carboxylic acid groups (broad SMARTS) is 1. The van der Waals surface area contributed by atoms with Crippen LogP contribution >= 0.6 is 35.6 Å². The van der Waals surface area contributed by atoms with Gasteiger partial charge in [0.05, 0.1) is 23.3 Å². The lowest BCUT2D eigenvalue weighted by Gasteiger charge is -2.43. The van der Waals surface area contributed by atoms with Crippen LogP contribution in [0.4, 0.5) is 0 Å². The number of hydrogen-bond acceptors (Lipinski definition) is 4. The van der Waals surface area contributed by atoms with Crippen LogP contribution in [0, 0.1) is 5.92 Å². The van der Waals surface area contributed by atoms with E-state index >= 15 is 0 Å². The van der Waals surface area contributed by atoms with Gasteiger partial charge in [0.2, 0.25) is 0 Å². The minimum Gasteiger partial charge on any atom is -0.478 e. The van der Waals surface area contributed by atoms with Crippen molar-refractivity contribution in [2.75, 3.05) is 26.3 Å². The Kier molecular flexibility index (Phi) is 8.30. The summed E-state index contributed by atoms with van der Waals surface area (Å²) in [6.45, 7) is 3.10. The summed E-state index contributed by atoms with van der Waals surface area (Å²) in [6.07, 6.45) is 3.10. The van der Waals surface area contributed by atoms with Crippen molar-refractivity contribution in [1.29, 1.82) is 0 Å². The molecule has 146 valence electrons. The van der Waals surface area contributed by atoms with Crippen LogP contribution in [0.2, 0.25) is 10.0 Å². The van der Waals surface area contributed by atoms with E-state index in [4.69, 9.17) is 32.7 Å². The summed E-state index contributed by atoms with van der Waals surface area (Å²) in [5.74, 6) is -0.553. The third kappa shape index (κ3) is 5.17. The highest BCUT2D eigenvalue weighted by Crippen LogP contribution is 2.34. The average Bonchev–Trinajstić information content (AvgIpc) is 2.63. The minimum absolute atomic E-state index is 0. The molecule has 0 bridgehead atoms. The standard InChI is InChI=1S/C18H23Cl2NO4.ClH/c19-14-6-5-12(11-15(14)20)25-17(18(22)23)13-3-1-2-4-16(13)21-7-9-24-10-8-21;/h5-6,11,13,16-17H,1-4,7-10H2,(H,22,23);1H/t13-,16-,17?;/m1./s1. The summed E-state index contributed by atoms with van der Waals surface area (Å²) < 4.78 is 11.3. The molecule has 1 saturated heterocycles. The van der Waals surface area contributed by atoms with E-state index in [0.717, 1.165) is 38.8 Å². The molecule has 1 N–H and O–H groups in total. The van der Waals surface area contributed by atoms with Crippen LogP contribution in [0.5, 0.6) is 5.75 Å². The van der Waals surface area contributed by atoms with Gasteiger partial charge in [0.15, 0.2) is 6.10 Å². The van der Waals surface area contributed by atoms with Crippen LogP contribution in [0.15, 0.2) is 18.2 Å². The lowest BCUT2D eigenvalue weighted by molar-refractivity contribution is -0.150. The summed E-state index contributed by atoms with van der Waals surface area (Å²) in [5.41, 5.74) is 0. The number of carbonyl (C=O) groups is 1. The van der Waals surface area contributed by atoms with E-state index in [9.17, 15) is 9.90 Å². The Balaban J connectivity index is 0.00000243. The Morgan fingerprint density at radius 3 is 2.54 bits per heavy atom. The zero-order valence-corrected chi connectivity index (χ0v) is 16.7. The van der Waals surface area contributed by atoms with Crippen LogP contribution in [0.1, 0.15) is 25.7 Å². The van der Waals surface area contributed by atoms with Gasteiger partial charge in [-0.2, -0.15) is 0 Å². The third-order valence-corrected chi connectivity index (χ3v) is 5.82. The van der Waals surface area contributed by atoms with Crippen molar-refractivity contribution in [3.05, 3.63) is 28.2 Å². The summed E-state index contributed by atoms with van der Waals surface area (Å²) in [5, 5.41) is 10.6. The third-order valence-electron chi connectivity index (χ3n) is 5.08. The van der Waals surface area contributed by atoms with Crippen molar-refractivity contribution in [3.8, 4) is 5.75 Å². The van der Waals surface area contributed by atoms with Crippen LogP contribution in [0.3, 0.4) is 0 Å². The summed E-state index contributed by atoms with van der Waals surface area (Å²) in [6, 6.07) is 5.07. The van der Waals surface area contributed by atoms with E-state index in [1.54, 1.807) is 18.2 Å². The van der Waals surface area contributed by atoms with Crippen LogP contribution < -0.4 is 4.74 Å². The number of morpholine rings is 1. The number of benzene rings is 1. The molecule has 2 aliphatic rings. The van der Waals surface area contributed by atoms with E-state index in [1.165, 1.54) is 0 Å². The zero-order valence-electron chi connectivity index (χ0n) is 14.4. The Hall–Kier alpha value is -0.720. The fraction of sp³-hybridized carbons (Fsp3) is 0.611. The molecule has 1 unspecified atom stereocenters. The van der Waals surface area contributed by atoms with Gasteiger partial charge >= 0.3 is 5.97 Å². The maximum absolute atomic E-state index is 12.0. The maximum Gasteiger partial charge on any atom is 0.345 e. The molecule has 3 atom stereocenters. The Bertz CT molecular complexity index is 610. The van der Waals surface area contributed by atoms with E-state index in [2.05, 4.69) is 4.90 Å². The van der Waals surface area contributed by atoms with Crippen molar-refractivity contribution >= 4 is 41.6 Å². The number of aliphatic carboxylic acids is 1. The molecule has 26 heavy (non-hydrogen) atoms. The number of rotatable bonds is 5. The van der Waals surface area contributed by atoms with Crippen molar-refractivity contribution in [2.45, 2.75) is 37.8 Å². The number of nitrogens with zero attached hydrogens (tertiary/aromatic N) is 1. The van der Waals surface area contributed by atoms with Gasteiger partial charge in [0.25, 0.3) is 0 Å². The first-order valence-electron chi connectivity index (χ1n) is 8.72. The van der Waals surface area contributed by atoms with Gasteiger partial charge in [-0.15, -0.1) is 12.4 Å². The van der Waals surface area contributed by atoms with Crippen molar-refractivity contribution < 1.29 is 19.4 Å². The molecule has 1 aromatic carbocycles. The van der Waals surface area contributed by atoms with Gasteiger partial charge in [0, 0.05) is 31.1 Å². The maximum atomic E-state index is 12.0. The molecule has 1 saturated carbocycles. The van der Waals surface area contributed by atoms with E-state index in [0.29, 0.717) is 29.0 Å². The number of halogens is 3. The number of carboxylic acids is 1. The molecule has 0 radical (unpaired) electrons. The second-order valence-electron chi connectivity index (χ2n) is 6.62. The average molecular weight is 425 g/mol. The summed E-state index contributed by atoms with van der Waals surface area (Å²) >= 11 is 12.0. The summed E-state index contributed by atoms with van der Waals surface area (Å²) in [4.78, 5) is 14.3. The first-order chi connectivity index (χ1) is 12.1. The molecule has 0 spiro atoms. The lowest BCUT2D eigenvalue weighted by atomic mass is 9.79. The number of ether oxygens (including phenoxy) is 2. The Labute approximate surface area is 170 Å². The molecule has 3 rings (SSSR count). The highest BCUT2D eigenvalue weighted by Gasteiger charge is 2.40. The monoisotopic (exact) mass is 423 g/mol. The van der Waals surface area contributed by atoms with Gasteiger partial charge in [-0.05, 0) is 25.0 Å². The van der Waals surface area contributed by atoms with Crippen LogP contribution in [-0.2, 0) is 9.53 Å². The summed E-state index contributed by atoms with van der Waals surface area (Å²) in [7, 11) is 0. The molecule has 1 aliphatic heterocycles. The second-order valence-corrected chi connectivity index (χ2v) is 7.43. The Morgan fingerprint density at radius 1 is 1.19 bits per heavy atom.